The maximum Gasteiger partial charge on any atom is 0.429 e. The summed E-state index contributed by atoms with van der Waals surface area (Å²) >= 11 is 0. The van der Waals surface area contributed by atoms with Crippen LogP contribution < -0.4 is 10.7 Å². The summed E-state index contributed by atoms with van der Waals surface area (Å²) in [5.41, 5.74) is 4.57. The molecule has 0 heterocycles. The lowest BCUT2D eigenvalue weighted by molar-refractivity contribution is -0.134. The number of methoxy groups -OCH3 is 1. The first-order chi connectivity index (χ1) is 19.6. The molecule has 0 fully saturated rings. The molecule has 2 aromatic carbocycles. The minimum atomic E-state index is -0.753. The average molecular weight is 582 g/mol. The number of aryl methyl sites for hydroxylation is 1. The Hall–Kier alpha value is -4.34. The Morgan fingerprint density at radius 1 is 0.810 bits per heavy atom. The van der Waals surface area contributed by atoms with Gasteiger partial charge in [-0.3, -0.25) is 4.79 Å². The minimum Gasteiger partial charge on any atom is -0.466 e. The maximum absolute atomic E-state index is 12.7. The van der Waals surface area contributed by atoms with Gasteiger partial charge in [-0.2, -0.15) is 0 Å². The highest BCUT2D eigenvalue weighted by atomic mass is 16.6. The third kappa shape index (κ3) is 13.8. The summed E-state index contributed by atoms with van der Waals surface area (Å²) in [5, 5.41) is 4.00. The molecule has 0 unspecified atom stereocenters. The topological polar surface area (TPSA) is 123 Å². The van der Waals surface area contributed by atoms with Gasteiger partial charge < -0.3 is 19.5 Å². The van der Waals surface area contributed by atoms with E-state index in [-0.39, 0.29) is 12.5 Å². The number of esters is 1. The number of hydrogen-bond acceptors (Lipinski definition) is 7. The molecule has 2 rings (SSSR count). The molecule has 2 aromatic rings. The lowest BCUT2D eigenvalue weighted by atomic mass is 10.1. The zero-order chi connectivity index (χ0) is 31.3. The lowest BCUT2D eigenvalue weighted by Crippen LogP contribution is -2.50. The Kier molecular flexibility index (Phi) is 12.6. The quantitative estimate of drug-likeness (QED) is 0.151. The van der Waals surface area contributed by atoms with Gasteiger partial charge in [0.05, 0.1) is 13.7 Å². The fourth-order valence-electron chi connectivity index (χ4n) is 3.62. The van der Waals surface area contributed by atoms with Crippen LogP contribution >= 0.6 is 0 Å². The fraction of sp³-hybridized carbons (Fsp3) is 0.438. The summed E-state index contributed by atoms with van der Waals surface area (Å²) in [4.78, 5) is 48.6. The molecule has 0 atom stereocenters. The van der Waals surface area contributed by atoms with Crippen LogP contribution in [0.15, 0.2) is 54.6 Å². The maximum atomic E-state index is 12.7. The van der Waals surface area contributed by atoms with Crippen molar-refractivity contribution < 1.29 is 33.4 Å². The zero-order valence-electron chi connectivity index (χ0n) is 25.6. The molecule has 0 saturated heterocycles. The van der Waals surface area contributed by atoms with E-state index < -0.39 is 29.4 Å². The number of nitrogens with zero attached hydrogens (tertiary/aromatic N) is 1. The van der Waals surface area contributed by atoms with Crippen LogP contribution in [0.2, 0.25) is 0 Å². The van der Waals surface area contributed by atoms with E-state index in [1.54, 1.807) is 59.8 Å². The first-order valence-electron chi connectivity index (χ1n) is 13.9. The third-order valence-corrected chi connectivity index (χ3v) is 5.56. The molecule has 0 aliphatic rings. The van der Waals surface area contributed by atoms with Crippen LogP contribution in [0.25, 0.3) is 6.08 Å². The molecular weight excluding hydrogens is 538 g/mol. The van der Waals surface area contributed by atoms with E-state index in [4.69, 9.17) is 9.47 Å². The second-order valence-corrected chi connectivity index (χ2v) is 11.7. The van der Waals surface area contributed by atoms with E-state index in [0.29, 0.717) is 24.9 Å². The summed E-state index contributed by atoms with van der Waals surface area (Å²) in [5.74, 6) is -0.491. The molecule has 0 radical (unpaired) electrons. The van der Waals surface area contributed by atoms with E-state index >= 15 is 0 Å². The Bertz CT molecular complexity index is 1220. The number of carbonyl (C=O) groups is 4. The molecule has 0 aliphatic heterocycles. The summed E-state index contributed by atoms with van der Waals surface area (Å²) < 4.78 is 15.3. The van der Waals surface area contributed by atoms with Gasteiger partial charge in [0.25, 0.3) is 0 Å². The highest BCUT2D eigenvalue weighted by molar-refractivity contribution is 5.90. The van der Waals surface area contributed by atoms with Crippen LogP contribution in [0.3, 0.4) is 0 Å². The van der Waals surface area contributed by atoms with Crippen molar-refractivity contribution in [2.75, 3.05) is 19.0 Å². The number of hydrazine groups is 1. The second-order valence-electron chi connectivity index (χ2n) is 11.7. The molecule has 3 amide bonds. The Labute approximate surface area is 248 Å². The van der Waals surface area contributed by atoms with E-state index in [2.05, 4.69) is 15.5 Å². The number of nitrogens with one attached hydrogen (secondary N) is 2. The van der Waals surface area contributed by atoms with Crippen molar-refractivity contribution >= 4 is 35.8 Å². The number of ether oxygens (including phenoxy) is 3. The van der Waals surface area contributed by atoms with E-state index in [1.165, 1.54) is 13.2 Å². The first kappa shape index (κ1) is 33.9. The molecule has 10 heteroatoms. The number of benzene rings is 2. The Morgan fingerprint density at radius 2 is 1.38 bits per heavy atom. The molecule has 0 bridgehead atoms. The van der Waals surface area contributed by atoms with Gasteiger partial charge in [-0.15, -0.1) is 0 Å². The van der Waals surface area contributed by atoms with Crippen molar-refractivity contribution in [3.8, 4) is 0 Å². The van der Waals surface area contributed by atoms with Gasteiger partial charge in [-0.05, 0) is 95.7 Å². The highest BCUT2D eigenvalue weighted by Gasteiger charge is 2.25. The molecule has 42 heavy (non-hydrogen) atoms. The largest absolute Gasteiger partial charge is 0.466 e. The SMILES string of the molecule is COC(=O)/C=C/c1ccc(CCCC(=O)Nc2ccc(CCN(NC(=O)OC(C)(C)C)C(=O)OC(C)(C)C)cc2)cc1. The number of hydrogen-bond donors (Lipinski definition) is 2. The van der Waals surface area contributed by atoms with Crippen molar-refractivity contribution in [1.29, 1.82) is 0 Å². The van der Waals surface area contributed by atoms with Crippen LogP contribution in [0.5, 0.6) is 0 Å². The number of carbonyl (C=O) groups excluding carboxylic acids is 4. The van der Waals surface area contributed by atoms with E-state index in [9.17, 15) is 19.2 Å². The molecule has 0 saturated carbocycles. The predicted molar refractivity (Wildman–Crippen MR) is 162 cm³/mol. The van der Waals surface area contributed by atoms with E-state index in [1.807, 2.05) is 36.4 Å². The molecule has 228 valence electrons. The van der Waals surface area contributed by atoms with Gasteiger partial charge in [0.1, 0.15) is 11.2 Å². The van der Waals surface area contributed by atoms with Gasteiger partial charge in [-0.1, -0.05) is 36.4 Å². The Balaban J connectivity index is 1.85. The number of anilines is 1. The summed E-state index contributed by atoms with van der Waals surface area (Å²) in [6, 6.07) is 15.1. The summed E-state index contributed by atoms with van der Waals surface area (Å²) in [6.07, 6.45) is 3.85. The van der Waals surface area contributed by atoms with Crippen LogP contribution in [0, 0.1) is 0 Å². The smallest absolute Gasteiger partial charge is 0.429 e. The van der Waals surface area contributed by atoms with E-state index in [0.717, 1.165) is 28.1 Å². The first-order valence-corrected chi connectivity index (χ1v) is 13.9. The third-order valence-electron chi connectivity index (χ3n) is 5.56. The second kappa shape index (κ2) is 15.6. The van der Waals surface area contributed by atoms with Crippen LogP contribution in [-0.4, -0.2) is 53.9 Å². The molecule has 0 spiro atoms. The van der Waals surface area contributed by atoms with Crippen molar-refractivity contribution in [3.63, 3.8) is 0 Å². The Morgan fingerprint density at radius 3 is 1.95 bits per heavy atom. The van der Waals surface area contributed by atoms with Gasteiger partial charge in [0.15, 0.2) is 0 Å². The summed E-state index contributed by atoms with van der Waals surface area (Å²) in [6.45, 7) is 10.6. The highest BCUT2D eigenvalue weighted by Crippen LogP contribution is 2.15. The standard InChI is InChI=1S/C32H43N3O7/c1-31(2,3)41-29(38)34-35(30(39)42-32(4,5)6)22-21-25-15-18-26(19-16-25)33-27(36)10-8-9-23-11-13-24(14-12-23)17-20-28(37)40-7/h11-20H,8-10,21-22H2,1-7H3,(H,33,36)(H,34,38)/b20-17+. The monoisotopic (exact) mass is 581 g/mol. The lowest BCUT2D eigenvalue weighted by Gasteiger charge is -2.28. The normalized spacial score (nSPS) is 11.5. The van der Waals surface area contributed by atoms with Crippen molar-refractivity contribution in [2.24, 2.45) is 0 Å². The fourth-order valence-corrected chi connectivity index (χ4v) is 3.62. The molecule has 0 aliphatic carbocycles. The molecule has 10 nitrogen and oxygen atoms in total. The average Bonchev–Trinajstić information content (AvgIpc) is 2.89. The number of rotatable bonds is 10. The minimum absolute atomic E-state index is 0.0851. The summed E-state index contributed by atoms with van der Waals surface area (Å²) in [7, 11) is 1.33. The van der Waals surface area contributed by atoms with Gasteiger partial charge >= 0.3 is 18.2 Å². The molecule has 0 aromatic heterocycles. The van der Waals surface area contributed by atoms with Crippen LogP contribution in [0.4, 0.5) is 15.3 Å². The number of amides is 3. The van der Waals surface area contributed by atoms with Crippen molar-refractivity contribution in [1.82, 2.24) is 10.4 Å². The van der Waals surface area contributed by atoms with Gasteiger partial charge in [0.2, 0.25) is 5.91 Å². The van der Waals surface area contributed by atoms with Crippen molar-refractivity contribution in [3.05, 3.63) is 71.3 Å². The van der Waals surface area contributed by atoms with Crippen LogP contribution in [-0.2, 0) is 36.6 Å². The van der Waals surface area contributed by atoms with Gasteiger partial charge in [-0.25, -0.2) is 24.8 Å². The molecule has 2 N–H and O–H groups in total. The predicted octanol–water partition coefficient (Wildman–Crippen LogP) is 6.05. The molecular formula is C32H43N3O7. The van der Waals surface area contributed by atoms with Crippen LogP contribution in [0.1, 0.15) is 71.1 Å². The zero-order valence-corrected chi connectivity index (χ0v) is 25.6. The van der Waals surface area contributed by atoms with Crippen molar-refractivity contribution in [2.45, 2.75) is 78.4 Å². The van der Waals surface area contributed by atoms with Gasteiger partial charge in [0, 0.05) is 18.2 Å².